The van der Waals surface area contributed by atoms with Crippen molar-refractivity contribution < 1.29 is 37.1 Å². The largest absolute Gasteiger partial charge is 0.491 e. The Labute approximate surface area is 302 Å². The average molecular weight is 728 g/mol. The van der Waals surface area contributed by atoms with Crippen molar-refractivity contribution in [1.29, 1.82) is 5.41 Å². The van der Waals surface area contributed by atoms with Crippen LogP contribution in [0.4, 0.5) is 18.9 Å². The molecule has 0 fully saturated rings. The number of nitrogens with one attached hydrogen (secondary N) is 2. The number of thiol groups is 1. The van der Waals surface area contributed by atoms with Crippen molar-refractivity contribution >= 4 is 48.0 Å². The zero-order valence-electron chi connectivity index (χ0n) is 27.3. The number of ether oxygens (including phenoxy) is 1. The minimum Gasteiger partial charge on any atom is -0.386 e. The van der Waals surface area contributed by atoms with Gasteiger partial charge in [0.05, 0.1) is 35.5 Å². The summed E-state index contributed by atoms with van der Waals surface area (Å²) in [5.41, 5.74) is 7.38. The van der Waals surface area contributed by atoms with E-state index in [4.69, 9.17) is 11.1 Å². The maximum absolute atomic E-state index is 15.0. The Balaban J connectivity index is 1.70. The van der Waals surface area contributed by atoms with E-state index in [0.29, 0.717) is 16.7 Å². The molecule has 1 heterocycles. The molecule has 3 unspecified atom stereocenters. The number of nitrogens with zero attached hydrogens (tertiary/aromatic N) is 2. The molecular formula is C38H32F3N5O5S. The van der Waals surface area contributed by atoms with E-state index in [1.807, 2.05) is 18.2 Å². The first kappa shape index (κ1) is 37.2. The third-order valence-corrected chi connectivity index (χ3v) is 8.33. The Hall–Kier alpha value is -6.07. The summed E-state index contributed by atoms with van der Waals surface area (Å²) in [6.45, 7) is 0.197. The maximum Gasteiger partial charge on any atom is 0.491 e. The molecule has 2 amide bonds. The molecule has 1 aliphatic rings. The molecule has 3 atom stereocenters. The summed E-state index contributed by atoms with van der Waals surface area (Å²) in [6.07, 6.45) is -6.34. The number of carbonyl (C=O) groups excluding carboxylic acids is 4. The Morgan fingerprint density at radius 1 is 0.942 bits per heavy atom. The molecule has 0 bridgehead atoms. The number of fused-ring (bicyclic) bond motifs is 1. The number of rotatable bonds is 9. The summed E-state index contributed by atoms with van der Waals surface area (Å²) in [5.74, 6) is 0.0562. The van der Waals surface area contributed by atoms with Crippen molar-refractivity contribution in [3.05, 3.63) is 137 Å². The molecule has 5 rings (SSSR count). The second kappa shape index (κ2) is 16.3. The number of nitrogens with two attached hydrogens (primary N) is 1. The highest BCUT2D eigenvalue weighted by atomic mass is 32.1. The van der Waals surface area contributed by atoms with E-state index in [-0.39, 0.29) is 30.3 Å². The number of hydrogen-bond acceptors (Lipinski definition) is 7. The lowest BCUT2D eigenvalue weighted by molar-refractivity contribution is -0.202. The maximum atomic E-state index is 15.0. The molecule has 4 N–H and O–H groups in total. The molecule has 0 aliphatic carbocycles. The second-order valence-electron chi connectivity index (χ2n) is 11.6. The van der Waals surface area contributed by atoms with Gasteiger partial charge in [0.25, 0.3) is 11.8 Å². The molecule has 0 saturated carbocycles. The van der Waals surface area contributed by atoms with Crippen LogP contribution in [0, 0.1) is 17.3 Å². The number of guanidine groups is 1. The molecule has 4 aromatic carbocycles. The summed E-state index contributed by atoms with van der Waals surface area (Å²) in [7, 11) is 0. The molecule has 52 heavy (non-hydrogen) atoms. The minimum atomic E-state index is -5.44. The lowest BCUT2D eigenvalue weighted by Crippen LogP contribution is -2.45. The monoisotopic (exact) mass is 727 g/mol. The Bertz CT molecular complexity index is 2020. The van der Waals surface area contributed by atoms with Crippen LogP contribution in [0.25, 0.3) is 0 Å². The number of amides is 2. The van der Waals surface area contributed by atoms with Crippen LogP contribution in [0.2, 0.25) is 0 Å². The highest BCUT2D eigenvalue weighted by molar-refractivity contribution is 7.81. The van der Waals surface area contributed by atoms with Crippen molar-refractivity contribution in [3.8, 4) is 11.8 Å². The number of carbonyl (C=O) groups is 4. The van der Waals surface area contributed by atoms with Gasteiger partial charge < -0.3 is 25.6 Å². The van der Waals surface area contributed by atoms with Crippen LogP contribution in [0.5, 0.6) is 0 Å². The highest BCUT2D eigenvalue weighted by Crippen LogP contribution is 2.42. The topological polar surface area (TPSA) is 146 Å². The van der Waals surface area contributed by atoms with Crippen LogP contribution in [0.3, 0.4) is 0 Å². The molecule has 266 valence electrons. The van der Waals surface area contributed by atoms with E-state index >= 15 is 4.79 Å². The smallest absolute Gasteiger partial charge is 0.386 e. The number of esters is 2. The third kappa shape index (κ3) is 8.98. The van der Waals surface area contributed by atoms with Gasteiger partial charge in [-0.15, -0.1) is 0 Å². The highest BCUT2D eigenvalue weighted by Gasteiger charge is 2.46. The Morgan fingerprint density at radius 3 is 2.17 bits per heavy atom. The number of halogens is 3. The van der Waals surface area contributed by atoms with Crippen LogP contribution in [-0.4, -0.2) is 52.6 Å². The predicted molar refractivity (Wildman–Crippen MR) is 190 cm³/mol. The molecule has 1 aliphatic heterocycles. The van der Waals surface area contributed by atoms with Crippen LogP contribution in [0.1, 0.15) is 51.1 Å². The zero-order valence-corrected chi connectivity index (χ0v) is 28.2. The normalized spacial score (nSPS) is 15.3. The third-order valence-electron chi connectivity index (χ3n) is 8.02. The zero-order chi connectivity index (χ0) is 37.4. The van der Waals surface area contributed by atoms with Crippen molar-refractivity contribution in [2.24, 2.45) is 5.73 Å². The van der Waals surface area contributed by atoms with Gasteiger partial charge in [0.1, 0.15) is 6.04 Å². The average Bonchev–Trinajstić information content (AvgIpc) is 3.21. The van der Waals surface area contributed by atoms with Gasteiger partial charge in [-0.1, -0.05) is 103 Å². The van der Waals surface area contributed by atoms with Crippen LogP contribution >= 0.6 is 12.6 Å². The van der Waals surface area contributed by atoms with Gasteiger partial charge in [0.2, 0.25) is 0 Å². The van der Waals surface area contributed by atoms with E-state index in [9.17, 15) is 27.6 Å². The molecular weight excluding hydrogens is 696 g/mol. The fourth-order valence-electron chi connectivity index (χ4n) is 5.69. The lowest BCUT2D eigenvalue weighted by Gasteiger charge is -2.37. The molecule has 0 saturated heterocycles. The molecule has 0 radical (unpaired) electrons. The van der Waals surface area contributed by atoms with Crippen LogP contribution < -0.4 is 16.0 Å². The lowest BCUT2D eigenvalue weighted by atomic mass is 9.95. The van der Waals surface area contributed by atoms with Crippen molar-refractivity contribution in [2.45, 2.75) is 36.5 Å². The molecule has 14 heteroatoms. The van der Waals surface area contributed by atoms with E-state index < -0.39 is 53.7 Å². The van der Waals surface area contributed by atoms with Gasteiger partial charge in [-0.05, 0) is 34.9 Å². The van der Waals surface area contributed by atoms with Gasteiger partial charge in [-0.25, -0.2) is 4.79 Å². The first-order valence-electron chi connectivity index (χ1n) is 15.8. The summed E-state index contributed by atoms with van der Waals surface area (Å²) in [4.78, 5) is 57.4. The Kier molecular flexibility index (Phi) is 11.7. The van der Waals surface area contributed by atoms with Crippen LogP contribution in [0.15, 0.2) is 109 Å². The first-order valence-corrected chi connectivity index (χ1v) is 16.4. The van der Waals surface area contributed by atoms with E-state index in [1.165, 1.54) is 11.0 Å². The molecule has 4 aromatic rings. The standard InChI is InChI=1S/C38H32F3N5O5S/c39-38(40,41)36(50)51-32(47)21-31(26-12-6-2-7-13-26)46-33(27-14-8-3-9-15-27)35(49)45(23-25-10-4-1-5-11-25)30-19-17-24(20-29(30)34(46)48)16-18-28(52)22-44-37(42)43/h1-15,17,19-20,28,31,33,52H,21-23H2,(H4,42,43,44). The fourth-order valence-corrected chi connectivity index (χ4v) is 5.84. The van der Waals surface area contributed by atoms with Crippen LogP contribution in [-0.2, 0) is 25.7 Å². The molecule has 0 spiro atoms. The summed E-state index contributed by atoms with van der Waals surface area (Å²) in [6, 6.07) is 27.3. The number of benzene rings is 4. The van der Waals surface area contributed by atoms with Gasteiger partial charge in [-0.2, -0.15) is 25.8 Å². The SMILES string of the molecule is N=C(N)NCC(S)C#Cc1ccc2c(c1)C(=O)N(C(CC(=O)OC(=O)C(F)(F)F)c1ccccc1)C(c1ccccc1)C(=O)N2Cc1ccccc1. The quantitative estimate of drug-likeness (QED) is 0.0457. The minimum absolute atomic E-state index is 0.0211. The predicted octanol–water partition coefficient (Wildman–Crippen LogP) is 5.31. The van der Waals surface area contributed by atoms with Gasteiger partial charge in [0.15, 0.2) is 5.96 Å². The summed E-state index contributed by atoms with van der Waals surface area (Å²) < 4.78 is 43.5. The summed E-state index contributed by atoms with van der Waals surface area (Å²) in [5, 5.41) is 9.43. The van der Waals surface area contributed by atoms with Gasteiger partial charge >= 0.3 is 18.1 Å². The van der Waals surface area contributed by atoms with Crippen molar-refractivity contribution in [2.75, 3.05) is 11.4 Å². The van der Waals surface area contributed by atoms with Gasteiger partial charge in [0, 0.05) is 12.1 Å². The molecule has 10 nitrogen and oxygen atoms in total. The first-order chi connectivity index (χ1) is 24.8. The van der Waals surface area contributed by atoms with Crippen molar-refractivity contribution in [1.82, 2.24) is 10.2 Å². The van der Waals surface area contributed by atoms with E-state index in [1.54, 1.807) is 84.9 Å². The molecule has 0 aromatic heterocycles. The number of hydrogen-bond donors (Lipinski definition) is 4. The number of anilines is 1. The second-order valence-corrected chi connectivity index (χ2v) is 12.3. The fraction of sp³-hybridized carbons (Fsp3) is 0.184. The van der Waals surface area contributed by atoms with E-state index in [2.05, 4.69) is 34.5 Å². The summed E-state index contributed by atoms with van der Waals surface area (Å²) >= 11 is 4.40. The van der Waals surface area contributed by atoms with E-state index in [0.717, 1.165) is 10.5 Å². The van der Waals surface area contributed by atoms with Crippen molar-refractivity contribution in [3.63, 3.8) is 0 Å². The number of alkyl halides is 3. The van der Waals surface area contributed by atoms with Gasteiger partial charge in [-0.3, -0.25) is 19.8 Å². The Morgan fingerprint density at radius 2 is 1.56 bits per heavy atom.